The second kappa shape index (κ2) is 6.78. The van der Waals surface area contributed by atoms with Crippen LogP contribution < -0.4 is 5.32 Å². The molecule has 18 heavy (non-hydrogen) atoms. The summed E-state index contributed by atoms with van der Waals surface area (Å²) in [7, 11) is 2.13. The second-order valence-corrected chi connectivity index (χ2v) is 5.66. The van der Waals surface area contributed by atoms with Crippen molar-refractivity contribution >= 4 is 28.6 Å². The van der Waals surface area contributed by atoms with Gasteiger partial charge in [-0.1, -0.05) is 29.8 Å². The van der Waals surface area contributed by atoms with Crippen molar-refractivity contribution in [1.82, 2.24) is 4.90 Å². The average molecular weight is 281 g/mol. The van der Waals surface area contributed by atoms with Crippen molar-refractivity contribution in [2.45, 2.75) is 6.54 Å². The van der Waals surface area contributed by atoms with Crippen molar-refractivity contribution in [3.8, 4) is 0 Å². The van der Waals surface area contributed by atoms with Gasteiger partial charge in [-0.3, -0.25) is 4.90 Å². The SMILES string of the molecule is CN(CCNc1ccccc1Cl)Cc1cccs1. The smallest absolute Gasteiger partial charge is 0.0637 e. The van der Waals surface area contributed by atoms with Gasteiger partial charge in [0.2, 0.25) is 0 Å². The Hall–Kier alpha value is -1.03. The maximum Gasteiger partial charge on any atom is 0.0637 e. The Morgan fingerprint density at radius 1 is 1.22 bits per heavy atom. The molecule has 0 radical (unpaired) electrons. The van der Waals surface area contributed by atoms with Gasteiger partial charge < -0.3 is 5.32 Å². The topological polar surface area (TPSA) is 15.3 Å². The van der Waals surface area contributed by atoms with E-state index in [1.807, 2.05) is 24.3 Å². The van der Waals surface area contributed by atoms with E-state index in [2.05, 4.69) is 34.8 Å². The van der Waals surface area contributed by atoms with Gasteiger partial charge in [-0.2, -0.15) is 0 Å². The van der Waals surface area contributed by atoms with E-state index in [4.69, 9.17) is 11.6 Å². The van der Waals surface area contributed by atoms with Crippen LogP contribution in [0, 0.1) is 0 Å². The number of hydrogen-bond acceptors (Lipinski definition) is 3. The molecule has 0 saturated carbocycles. The monoisotopic (exact) mass is 280 g/mol. The Labute approximate surface area is 117 Å². The Bertz CT molecular complexity index is 470. The van der Waals surface area contributed by atoms with Crippen molar-refractivity contribution < 1.29 is 0 Å². The van der Waals surface area contributed by atoms with E-state index in [9.17, 15) is 0 Å². The van der Waals surface area contributed by atoms with Crippen molar-refractivity contribution in [3.05, 3.63) is 51.7 Å². The van der Waals surface area contributed by atoms with Crippen molar-refractivity contribution in [2.75, 3.05) is 25.5 Å². The van der Waals surface area contributed by atoms with Gasteiger partial charge in [-0.15, -0.1) is 11.3 Å². The maximum atomic E-state index is 6.08. The van der Waals surface area contributed by atoms with Crippen LogP contribution in [0.1, 0.15) is 4.88 Å². The summed E-state index contributed by atoms with van der Waals surface area (Å²) >= 11 is 7.88. The summed E-state index contributed by atoms with van der Waals surface area (Å²) in [5.41, 5.74) is 1.00. The molecule has 0 atom stereocenters. The number of hydrogen-bond donors (Lipinski definition) is 1. The first kappa shape index (κ1) is 13.4. The normalized spacial score (nSPS) is 10.8. The predicted molar refractivity (Wildman–Crippen MR) is 80.6 cm³/mol. The minimum atomic E-state index is 0.776. The van der Waals surface area contributed by atoms with Gasteiger partial charge in [0.25, 0.3) is 0 Å². The molecule has 0 saturated heterocycles. The molecule has 1 aromatic carbocycles. The maximum absolute atomic E-state index is 6.08. The van der Waals surface area contributed by atoms with Crippen LogP contribution in [0.2, 0.25) is 5.02 Å². The third-order valence-electron chi connectivity index (χ3n) is 2.69. The van der Waals surface area contributed by atoms with E-state index in [0.29, 0.717) is 0 Å². The highest BCUT2D eigenvalue weighted by molar-refractivity contribution is 7.09. The van der Waals surface area contributed by atoms with Crippen molar-refractivity contribution in [2.24, 2.45) is 0 Å². The number of thiophene rings is 1. The largest absolute Gasteiger partial charge is 0.383 e. The summed E-state index contributed by atoms with van der Waals surface area (Å²) in [6.07, 6.45) is 0. The quantitative estimate of drug-likeness (QED) is 0.862. The van der Waals surface area contributed by atoms with Crippen molar-refractivity contribution in [1.29, 1.82) is 0 Å². The number of anilines is 1. The number of likely N-dealkylation sites (N-methyl/N-ethyl adjacent to an activating group) is 1. The number of benzene rings is 1. The van der Waals surface area contributed by atoms with Crippen LogP contribution in [-0.2, 0) is 6.54 Å². The van der Waals surface area contributed by atoms with E-state index < -0.39 is 0 Å². The van der Waals surface area contributed by atoms with Gasteiger partial charge in [-0.25, -0.2) is 0 Å². The summed E-state index contributed by atoms with van der Waals surface area (Å²) in [5, 5.41) is 6.25. The molecule has 1 N–H and O–H groups in total. The lowest BCUT2D eigenvalue weighted by Crippen LogP contribution is -2.24. The van der Waals surface area contributed by atoms with Crippen LogP contribution in [0.4, 0.5) is 5.69 Å². The highest BCUT2D eigenvalue weighted by Crippen LogP contribution is 2.20. The van der Waals surface area contributed by atoms with E-state index in [1.54, 1.807) is 11.3 Å². The number of halogens is 1. The fourth-order valence-electron chi connectivity index (χ4n) is 1.73. The Balaban J connectivity index is 1.74. The number of nitrogens with one attached hydrogen (secondary N) is 1. The molecule has 2 nitrogen and oxygen atoms in total. The molecule has 0 spiro atoms. The first-order chi connectivity index (χ1) is 8.75. The zero-order valence-electron chi connectivity index (χ0n) is 10.4. The van der Waals surface area contributed by atoms with Gasteiger partial charge in [0, 0.05) is 24.5 Å². The molecule has 0 bridgehead atoms. The Morgan fingerprint density at radius 2 is 2.06 bits per heavy atom. The summed E-state index contributed by atoms with van der Waals surface area (Å²) in [5.74, 6) is 0. The minimum absolute atomic E-state index is 0.776. The molecule has 1 heterocycles. The zero-order valence-corrected chi connectivity index (χ0v) is 12.0. The molecule has 2 rings (SSSR count). The second-order valence-electron chi connectivity index (χ2n) is 4.22. The lowest BCUT2D eigenvalue weighted by molar-refractivity contribution is 0.343. The molecular formula is C14H17ClN2S. The Kier molecular flexibility index (Phi) is 5.05. The van der Waals surface area contributed by atoms with E-state index in [1.165, 1.54) is 4.88 Å². The molecule has 0 unspecified atom stereocenters. The average Bonchev–Trinajstić information content (AvgIpc) is 2.84. The van der Waals surface area contributed by atoms with Crippen molar-refractivity contribution in [3.63, 3.8) is 0 Å². The van der Waals surface area contributed by atoms with Crippen LogP contribution in [-0.4, -0.2) is 25.0 Å². The molecule has 0 aliphatic carbocycles. The minimum Gasteiger partial charge on any atom is -0.383 e. The van der Waals surface area contributed by atoms with Crippen LogP contribution in [0.15, 0.2) is 41.8 Å². The summed E-state index contributed by atoms with van der Waals surface area (Å²) in [6.45, 7) is 2.89. The van der Waals surface area contributed by atoms with E-state index in [-0.39, 0.29) is 0 Å². The van der Waals surface area contributed by atoms with E-state index in [0.717, 1.165) is 30.3 Å². The first-order valence-corrected chi connectivity index (χ1v) is 7.21. The molecule has 0 aliphatic heterocycles. The van der Waals surface area contributed by atoms with Crippen LogP contribution in [0.5, 0.6) is 0 Å². The molecule has 96 valence electrons. The van der Waals surface area contributed by atoms with E-state index >= 15 is 0 Å². The molecule has 4 heteroatoms. The first-order valence-electron chi connectivity index (χ1n) is 5.95. The van der Waals surface area contributed by atoms with Crippen LogP contribution in [0.3, 0.4) is 0 Å². The standard InChI is InChI=1S/C14H17ClN2S/c1-17(11-12-5-4-10-18-12)9-8-16-14-7-3-2-6-13(14)15/h2-7,10,16H,8-9,11H2,1H3. The molecule has 0 fully saturated rings. The van der Waals surface area contributed by atoms with Gasteiger partial charge in [0.15, 0.2) is 0 Å². The predicted octanol–water partition coefficient (Wildman–Crippen LogP) is 3.95. The number of para-hydroxylation sites is 1. The summed E-state index contributed by atoms with van der Waals surface area (Å²) in [4.78, 5) is 3.70. The molecular weight excluding hydrogens is 264 g/mol. The van der Waals surface area contributed by atoms with Gasteiger partial charge in [0.05, 0.1) is 10.7 Å². The third-order valence-corrected chi connectivity index (χ3v) is 3.88. The lowest BCUT2D eigenvalue weighted by Gasteiger charge is -2.16. The van der Waals surface area contributed by atoms with Gasteiger partial charge in [0.1, 0.15) is 0 Å². The fourth-order valence-corrected chi connectivity index (χ4v) is 2.72. The van der Waals surface area contributed by atoms with Gasteiger partial charge >= 0.3 is 0 Å². The number of nitrogens with zero attached hydrogens (tertiary/aromatic N) is 1. The highest BCUT2D eigenvalue weighted by Gasteiger charge is 2.02. The molecule has 0 aliphatic rings. The van der Waals surface area contributed by atoms with Crippen LogP contribution >= 0.6 is 22.9 Å². The molecule has 0 amide bonds. The molecule has 2 aromatic rings. The summed E-state index contributed by atoms with van der Waals surface area (Å²) in [6, 6.07) is 12.1. The van der Waals surface area contributed by atoms with Gasteiger partial charge in [-0.05, 0) is 30.6 Å². The fraction of sp³-hybridized carbons (Fsp3) is 0.286. The zero-order chi connectivity index (χ0) is 12.8. The lowest BCUT2D eigenvalue weighted by atomic mass is 10.3. The Morgan fingerprint density at radius 3 is 2.78 bits per heavy atom. The summed E-state index contributed by atoms with van der Waals surface area (Å²) < 4.78 is 0. The molecule has 1 aromatic heterocycles. The third kappa shape index (κ3) is 4.02. The number of rotatable bonds is 6. The van der Waals surface area contributed by atoms with Crippen LogP contribution in [0.25, 0.3) is 0 Å². The highest BCUT2D eigenvalue weighted by atomic mass is 35.5.